The number of allylic oxidation sites excluding steroid dienone is 6. The van der Waals surface area contributed by atoms with Crippen LogP contribution >= 0.6 is 0 Å². The van der Waals surface area contributed by atoms with E-state index in [0.29, 0.717) is 30.8 Å². The predicted octanol–water partition coefficient (Wildman–Crippen LogP) is 10.5. The largest absolute Gasteiger partial charge is 1.00 e. The van der Waals surface area contributed by atoms with Crippen molar-refractivity contribution in [3.63, 3.8) is 0 Å². The molecule has 0 fully saturated rings. The Bertz CT molecular complexity index is 3470. The number of carbonyl (C=O) groups is 2. The number of fused-ring (bicyclic) bond motifs is 6. The van der Waals surface area contributed by atoms with Gasteiger partial charge in [-0.15, -0.1) is 5.76 Å². The second kappa shape index (κ2) is 21.7. The molecule has 0 N–H and O–H groups in total. The van der Waals surface area contributed by atoms with Crippen molar-refractivity contribution in [1.82, 2.24) is 0 Å². The van der Waals surface area contributed by atoms with E-state index in [0.717, 1.165) is 60.8 Å². The molecule has 0 radical (unpaired) electrons. The van der Waals surface area contributed by atoms with Gasteiger partial charge in [-0.25, -0.2) is 0 Å². The summed E-state index contributed by atoms with van der Waals surface area (Å²) in [5.74, 6) is 0.894. The van der Waals surface area contributed by atoms with Crippen molar-refractivity contribution in [2.45, 2.75) is 70.1 Å². The van der Waals surface area contributed by atoms with E-state index in [1.165, 1.54) is 83.5 Å². The third-order valence-corrected chi connectivity index (χ3v) is 15.4. The van der Waals surface area contributed by atoms with Crippen LogP contribution in [0.25, 0.3) is 23.3 Å². The van der Waals surface area contributed by atoms with Gasteiger partial charge in [0.15, 0.2) is 11.6 Å². The molecule has 3 nitrogen and oxygen atoms in total. The molecule has 6 aliphatic rings. The minimum atomic E-state index is -0.531. The van der Waals surface area contributed by atoms with Crippen molar-refractivity contribution in [3.05, 3.63) is 307 Å². The quantitative estimate of drug-likeness (QED) is 0.128. The van der Waals surface area contributed by atoms with Gasteiger partial charge >= 0.3 is 18.9 Å². The van der Waals surface area contributed by atoms with E-state index in [4.69, 9.17) is 0 Å². The SMILES string of the molecule is CCc1ccccc1.O=C1Cc2ccccc2C1(Cc1ccccc1)C1=Cc2ccccc2C1.O=C1Cc2ccccc2C1=C1Cc2ccccc2C1.[Li+].[O-]C1=C(C2=Cc3ccccc3C2)c2ccccc2C1. The zero-order valence-corrected chi connectivity index (χ0v) is 41.9. The van der Waals surface area contributed by atoms with Crippen molar-refractivity contribution < 1.29 is 33.6 Å². The molecule has 8 aromatic carbocycles. The first-order valence-corrected chi connectivity index (χ1v) is 25.5. The third-order valence-electron chi connectivity index (χ3n) is 15.4. The number of Topliss-reactive ketones (excluding diaryl/α,β-unsaturated/α-hetero) is 2. The van der Waals surface area contributed by atoms with Crippen molar-refractivity contribution in [3.8, 4) is 0 Å². The number of benzene rings is 8. The summed E-state index contributed by atoms with van der Waals surface area (Å²) in [6.45, 7) is 2.16. The second-order valence-electron chi connectivity index (χ2n) is 19.7. The Morgan fingerprint density at radius 1 is 0.425 bits per heavy atom. The summed E-state index contributed by atoms with van der Waals surface area (Å²) in [5, 5.41) is 12.3. The predicted molar refractivity (Wildman–Crippen MR) is 292 cm³/mol. The summed E-state index contributed by atoms with van der Waals surface area (Å²) in [6, 6.07) is 71.0. The average Bonchev–Trinajstić information content (AvgIpc) is 4.29. The van der Waals surface area contributed by atoms with Crippen LogP contribution in [0.15, 0.2) is 229 Å². The maximum absolute atomic E-state index is 13.5. The van der Waals surface area contributed by atoms with Gasteiger partial charge in [0.2, 0.25) is 0 Å². The Morgan fingerprint density at radius 2 is 0.904 bits per heavy atom. The molecule has 4 heteroatoms. The minimum Gasteiger partial charge on any atom is -0.875 e. The molecule has 73 heavy (non-hydrogen) atoms. The van der Waals surface area contributed by atoms with Crippen LogP contribution < -0.4 is 24.0 Å². The van der Waals surface area contributed by atoms with E-state index in [-0.39, 0.29) is 24.6 Å². The summed E-state index contributed by atoms with van der Waals surface area (Å²) < 4.78 is 0. The van der Waals surface area contributed by atoms with E-state index < -0.39 is 5.41 Å². The fraction of sp³-hybridized carbons (Fsp3) is 0.159. The van der Waals surface area contributed by atoms with Crippen LogP contribution in [0.3, 0.4) is 0 Å². The van der Waals surface area contributed by atoms with Crippen LogP contribution in [0.1, 0.15) is 84.8 Å². The molecule has 0 amide bonds. The summed E-state index contributed by atoms with van der Waals surface area (Å²) in [6.07, 6.45) is 11.6. The molecule has 0 saturated carbocycles. The van der Waals surface area contributed by atoms with E-state index in [9.17, 15) is 14.7 Å². The fourth-order valence-corrected chi connectivity index (χ4v) is 11.8. The molecule has 1 atom stereocenters. The van der Waals surface area contributed by atoms with Gasteiger partial charge in [0.1, 0.15) is 0 Å². The molecule has 0 spiro atoms. The van der Waals surface area contributed by atoms with Gasteiger partial charge in [0.05, 0.1) is 5.41 Å². The van der Waals surface area contributed by atoms with Crippen LogP contribution in [0.2, 0.25) is 0 Å². The maximum atomic E-state index is 13.5. The van der Waals surface area contributed by atoms with Gasteiger partial charge in [0.25, 0.3) is 0 Å². The first-order valence-electron chi connectivity index (χ1n) is 25.5. The average molecular weight is 941 g/mol. The standard InChI is InChI=1S/C25H20O.2C18H14O.C8H10.Li/c26-24-16-21-12-6-7-13-23(21)25(24,17-18-8-2-1-3-9-18)22-14-19-10-4-5-11-20(19)15-22;2*19-17-11-14-7-3-4-8-16(14)18(17)15-9-12-5-1-2-6-13(12)10-15;1-2-8-6-4-3-5-7-8;/h1-14H,15-17H2;1-8H,9-11H2;1-9,19H,10-11H2;3-7H,2H2,1H3;/q;;;;+1/p-1. The fourth-order valence-electron chi connectivity index (χ4n) is 11.8. The van der Waals surface area contributed by atoms with Crippen LogP contribution in [-0.4, -0.2) is 11.6 Å². The molecular formula is C69H57LiO3. The van der Waals surface area contributed by atoms with E-state index in [1.807, 2.05) is 48.5 Å². The Kier molecular flexibility index (Phi) is 14.6. The third kappa shape index (κ3) is 9.89. The van der Waals surface area contributed by atoms with Crippen LogP contribution in [-0.2, 0) is 72.8 Å². The maximum Gasteiger partial charge on any atom is 1.00 e. The van der Waals surface area contributed by atoms with Crippen molar-refractivity contribution in [2.24, 2.45) is 0 Å². The molecule has 0 aromatic heterocycles. The molecule has 0 bridgehead atoms. The number of rotatable bonds is 5. The molecule has 0 heterocycles. The molecule has 8 aromatic rings. The topological polar surface area (TPSA) is 57.2 Å². The van der Waals surface area contributed by atoms with Gasteiger partial charge in [-0.05, 0) is 145 Å². The van der Waals surface area contributed by atoms with Crippen molar-refractivity contribution in [1.29, 1.82) is 0 Å². The molecule has 1 unspecified atom stereocenters. The minimum absolute atomic E-state index is 0. The van der Waals surface area contributed by atoms with Gasteiger partial charge in [-0.2, -0.15) is 0 Å². The molecule has 0 aliphatic heterocycles. The number of aryl methyl sites for hydroxylation is 1. The number of ketones is 2. The Morgan fingerprint density at radius 3 is 1.49 bits per heavy atom. The first kappa shape index (κ1) is 49.1. The Balaban J connectivity index is 0.000000117. The summed E-state index contributed by atoms with van der Waals surface area (Å²) in [5.41, 5.74) is 22.7. The summed E-state index contributed by atoms with van der Waals surface area (Å²) in [7, 11) is 0. The van der Waals surface area contributed by atoms with Gasteiger partial charge < -0.3 is 5.11 Å². The number of hydrogen-bond donors (Lipinski definition) is 0. The monoisotopic (exact) mass is 940 g/mol. The van der Waals surface area contributed by atoms with Crippen LogP contribution in [0, 0.1) is 0 Å². The summed E-state index contributed by atoms with van der Waals surface area (Å²) >= 11 is 0. The molecule has 352 valence electrons. The molecule has 6 aliphatic carbocycles. The van der Waals surface area contributed by atoms with Crippen molar-refractivity contribution in [2.75, 3.05) is 0 Å². The van der Waals surface area contributed by atoms with Crippen LogP contribution in [0.5, 0.6) is 0 Å². The van der Waals surface area contributed by atoms with Crippen molar-refractivity contribution >= 4 is 34.9 Å². The molecule has 14 rings (SSSR count). The smallest absolute Gasteiger partial charge is 0.875 e. The van der Waals surface area contributed by atoms with Gasteiger partial charge in [-0.1, -0.05) is 225 Å². The van der Waals surface area contributed by atoms with Gasteiger partial charge in [-0.3, -0.25) is 9.59 Å². The van der Waals surface area contributed by atoms with E-state index in [1.54, 1.807) is 0 Å². The molecular weight excluding hydrogens is 884 g/mol. The first-order chi connectivity index (χ1) is 35.4. The molecule has 0 saturated heterocycles. The Hall–Kier alpha value is -7.54. The number of carbonyl (C=O) groups excluding carboxylic acids is 2. The summed E-state index contributed by atoms with van der Waals surface area (Å²) in [4.78, 5) is 25.8. The number of hydrogen-bond acceptors (Lipinski definition) is 3. The van der Waals surface area contributed by atoms with Crippen LogP contribution in [0.4, 0.5) is 0 Å². The Labute approximate surface area is 442 Å². The zero-order valence-electron chi connectivity index (χ0n) is 41.9. The van der Waals surface area contributed by atoms with Gasteiger partial charge in [0, 0.05) is 18.4 Å². The van der Waals surface area contributed by atoms with E-state index in [2.05, 4.69) is 177 Å². The normalized spacial score (nSPS) is 16.9. The van der Waals surface area contributed by atoms with E-state index >= 15 is 0 Å². The zero-order chi connectivity index (χ0) is 49.0. The second-order valence-corrected chi connectivity index (χ2v) is 19.7.